The Morgan fingerprint density at radius 3 is 2.32 bits per heavy atom. The number of sulfonamides is 2. The molecule has 0 unspecified atom stereocenters. The molecule has 1 aliphatic heterocycles. The van der Waals surface area contributed by atoms with Crippen LogP contribution in [0.2, 0.25) is 5.02 Å². The van der Waals surface area contributed by atoms with Crippen molar-refractivity contribution in [2.75, 3.05) is 43.5 Å². The zero-order chi connectivity index (χ0) is 30.3. The summed E-state index contributed by atoms with van der Waals surface area (Å²) in [4.78, 5) is 25.6. The Labute approximate surface area is 242 Å². The maximum Gasteiger partial charge on any atom is 0.273 e. The van der Waals surface area contributed by atoms with Crippen molar-refractivity contribution in [3.8, 4) is 5.75 Å². The number of aryl methyl sites for hydroxylation is 1. The minimum atomic E-state index is -4.56. The van der Waals surface area contributed by atoms with Crippen LogP contribution in [0.5, 0.6) is 5.75 Å². The quantitative estimate of drug-likeness (QED) is 0.260. The summed E-state index contributed by atoms with van der Waals surface area (Å²) in [5, 5.41) is 11.7. The Balaban J connectivity index is 1.78. The zero-order valence-corrected chi connectivity index (χ0v) is 25.0. The lowest BCUT2D eigenvalue weighted by atomic mass is 10.2. The highest BCUT2D eigenvalue weighted by Gasteiger charge is 2.35. The molecule has 0 bridgehead atoms. The number of fused-ring (bicyclic) bond motifs is 1. The molecule has 15 heteroatoms. The van der Waals surface area contributed by atoms with Gasteiger partial charge in [-0.15, -0.1) is 0 Å². The number of amides is 1. The van der Waals surface area contributed by atoms with Crippen molar-refractivity contribution in [2.24, 2.45) is 0 Å². The highest BCUT2D eigenvalue weighted by Crippen LogP contribution is 2.37. The van der Waals surface area contributed by atoms with Crippen LogP contribution in [0, 0.1) is 17.0 Å². The van der Waals surface area contributed by atoms with E-state index in [-0.39, 0.29) is 33.5 Å². The van der Waals surface area contributed by atoms with Gasteiger partial charge in [-0.05, 0) is 61.4 Å². The van der Waals surface area contributed by atoms with E-state index < -0.39 is 48.0 Å². The number of carbonyl (C=O) groups excluding carboxylic acids is 1. The minimum absolute atomic E-state index is 0.0385. The van der Waals surface area contributed by atoms with Crippen molar-refractivity contribution in [3.63, 3.8) is 0 Å². The summed E-state index contributed by atoms with van der Waals surface area (Å²) in [6.45, 7) is 0.976. The summed E-state index contributed by atoms with van der Waals surface area (Å²) in [5.74, 6) is -0.507. The number of nitro benzene ring substituents is 1. The maximum absolute atomic E-state index is 14.0. The first-order valence-corrected chi connectivity index (χ1v) is 15.4. The highest BCUT2D eigenvalue weighted by molar-refractivity contribution is 7.93. The van der Waals surface area contributed by atoms with Gasteiger partial charge >= 0.3 is 0 Å². The number of halogens is 1. The molecule has 0 fully saturated rings. The third-order valence-electron chi connectivity index (χ3n) is 6.68. The number of anilines is 2. The number of hydrogen-bond donors (Lipinski definition) is 0. The number of nitro groups is 1. The molecule has 1 amide bonds. The van der Waals surface area contributed by atoms with E-state index >= 15 is 0 Å². The average molecular weight is 623 g/mol. The summed E-state index contributed by atoms with van der Waals surface area (Å²) in [5.41, 5.74) is 0.899. The number of hydrogen-bond acceptors (Lipinski definition) is 8. The van der Waals surface area contributed by atoms with Crippen LogP contribution < -0.4 is 13.9 Å². The third-order valence-corrected chi connectivity index (χ3v) is 10.5. The van der Waals surface area contributed by atoms with Crippen LogP contribution in [0.25, 0.3) is 0 Å². The Morgan fingerprint density at radius 2 is 1.68 bits per heavy atom. The van der Waals surface area contributed by atoms with Gasteiger partial charge in [-0.1, -0.05) is 17.7 Å². The van der Waals surface area contributed by atoms with E-state index in [9.17, 15) is 31.7 Å². The van der Waals surface area contributed by atoms with Gasteiger partial charge < -0.3 is 9.64 Å². The molecule has 0 atom stereocenters. The maximum atomic E-state index is 14.0. The average Bonchev–Trinajstić information content (AvgIpc) is 3.35. The van der Waals surface area contributed by atoms with Crippen molar-refractivity contribution < 1.29 is 31.3 Å². The molecule has 3 aromatic rings. The van der Waals surface area contributed by atoms with Crippen LogP contribution in [-0.4, -0.2) is 66.3 Å². The molecule has 0 spiro atoms. The smallest absolute Gasteiger partial charge is 0.273 e. The molecular weight excluding hydrogens is 596 g/mol. The first-order valence-electron chi connectivity index (χ1n) is 12.2. The molecule has 0 N–H and O–H groups in total. The van der Waals surface area contributed by atoms with Gasteiger partial charge in [0.05, 0.1) is 27.5 Å². The van der Waals surface area contributed by atoms with Gasteiger partial charge in [-0.2, -0.15) is 0 Å². The number of nitrogens with zero attached hydrogens (tertiary/aromatic N) is 4. The first kappa shape index (κ1) is 30.2. The summed E-state index contributed by atoms with van der Waals surface area (Å²) in [6, 6.07) is 12.1. The zero-order valence-electron chi connectivity index (χ0n) is 22.6. The topological polar surface area (TPSA) is 147 Å². The van der Waals surface area contributed by atoms with E-state index in [1.807, 2.05) is 0 Å². The largest absolute Gasteiger partial charge is 0.495 e. The van der Waals surface area contributed by atoms with E-state index in [0.29, 0.717) is 17.7 Å². The lowest BCUT2D eigenvalue weighted by Gasteiger charge is -2.28. The summed E-state index contributed by atoms with van der Waals surface area (Å²) in [6.07, 6.45) is 0.356. The number of methoxy groups -OCH3 is 1. The summed E-state index contributed by atoms with van der Waals surface area (Å²) >= 11 is 6.19. The fourth-order valence-corrected chi connectivity index (χ4v) is 7.00. The number of rotatable bonds is 9. The molecule has 218 valence electrons. The Kier molecular flexibility index (Phi) is 8.32. The van der Waals surface area contributed by atoms with Gasteiger partial charge in [0.2, 0.25) is 15.9 Å². The molecule has 4 rings (SSSR count). The monoisotopic (exact) mass is 622 g/mol. The second-order valence-corrected chi connectivity index (χ2v) is 13.9. The molecule has 41 heavy (non-hydrogen) atoms. The Bertz CT molecular complexity index is 1760. The van der Waals surface area contributed by atoms with Gasteiger partial charge in [0, 0.05) is 43.0 Å². The van der Waals surface area contributed by atoms with Crippen molar-refractivity contribution in [2.45, 2.75) is 23.1 Å². The molecule has 0 aromatic heterocycles. The van der Waals surface area contributed by atoms with Crippen LogP contribution in [0.4, 0.5) is 17.1 Å². The van der Waals surface area contributed by atoms with Gasteiger partial charge in [-0.3, -0.25) is 19.2 Å². The van der Waals surface area contributed by atoms with E-state index in [2.05, 4.69) is 0 Å². The second-order valence-electron chi connectivity index (χ2n) is 9.41. The molecule has 0 aliphatic carbocycles. The number of benzene rings is 3. The fraction of sp³-hybridized carbons (Fsp3) is 0.269. The van der Waals surface area contributed by atoms with Crippen molar-refractivity contribution in [3.05, 3.63) is 80.9 Å². The van der Waals surface area contributed by atoms with Crippen LogP contribution in [0.3, 0.4) is 0 Å². The Morgan fingerprint density at radius 1 is 1.02 bits per heavy atom. The van der Waals surface area contributed by atoms with Gasteiger partial charge in [0.1, 0.15) is 12.3 Å². The fourth-order valence-electron chi connectivity index (χ4n) is 4.45. The molecule has 0 saturated carbocycles. The second kappa shape index (κ2) is 11.3. The molecule has 0 radical (unpaired) electrons. The number of ether oxygens (including phenoxy) is 1. The van der Waals surface area contributed by atoms with Crippen LogP contribution >= 0.6 is 11.6 Å². The molecule has 3 aromatic carbocycles. The first-order chi connectivity index (χ1) is 19.2. The van der Waals surface area contributed by atoms with Crippen LogP contribution in [0.15, 0.2) is 64.4 Å². The van der Waals surface area contributed by atoms with Crippen molar-refractivity contribution >= 4 is 54.6 Å². The normalized spacial score (nSPS) is 13.3. The highest BCUT2D eigenvalue weighted by atomic mass is 35.5. The molecule has 0 saturated heterocycles. The SMILES string of the molecule is COc1ccc(Cl)cc1N(CC(=O)N1CCc2cc(S(=O)(=O)N(C)C)ccc21)S(=O)(=O)c1ccc(C)c([N+](=O)[O-])c1. The molecular formula is C26H27ClN4O8S2. The minimum Gasteiger partial charge on any atom is -0.495 e. The lowest BCUT2D eigenvalue weighted by Crippen LogP contribution is -2.42. The van der Waals surface area contributed by atoms with Gasteiger partial charge in [-0.25, -0.2) is 21.1 Å². The van der Waals surface area contributed by atoms with Gasteiger partial charge in [0.25, 0.3) is 15.7 Å². The Hall–Kier alpha value is -3.72. The number of carbonyl (C=O) groups is 1. The van der Waals surface area contributed by atoms with E-state index in [4.69, 9.17) is 16.3 Å². The molecule has 1 heterocycles. The van der Waals surface area contributed by atoms with Crippen LogP contribution in [-0.2, 0) is 31.3 Å². The van der Waals surface area contributed by atoms with Gasteiger partial charge in [0.15, 0.2) is 0 Å². The third kappa shape index (κ3) is 5.73. The van der Waals surface area contributed by atoms with E-state index in [1.54, 1.807) is 0 Å². The standard InChI is InChI=1S/C26H27ClN4O8S2/c1-17-5-7-21(15-23(17)31(33)34)41(37,38)30(24-14-19(27)6-10-25(24)39-4)16-26(32)29-12-11-18-13-20(8-9-22(18)29)40(35,36)28(2)3/h5-10,13-15H,11-12,16H2,1-4H3. The lowest BCUT2D eigenvalue weighted by molar-refractivity contribution is -0.385. The van der Waals surface area contributed by atoms with E-state index in [0.717, 1.165) is 14.7 Å². The van der Waals surface area contributed by atoms with Crippen LogP contribution in [0.1, 0.15) is 11.1 Å². The molecule has 12 nitrogen and oxygen atoms in total. The van der Waals surface area contributed by atoms with Crippen molar-refractivity contribution in [1.82, 2.24) is 4.31 Å². The molecule has 1 aliphatic rings. The predicted octanol–water partition coefficient (Wildman–Crippen LogP) is 3.60. The van der Waals surface area contributed by atoms with E-state index in [1.165, 1.54) is 81.6 Å². The summed E-state index contributed by atoms with van der Waals surface area (Å²) in [7, 11) is -4.09. The van der Waals surface area contributed by atoms with Crippen molar-refractivity contribution in [1.29, 1.82) is 0 Å². The predicted molar refractivity (Wildman–Crippen MR) is 154 cm³/mol. The summed E-state index contributed by atoms with van der Waals surface area (Å²) < 4.78 is 60.4.